The minimum Gasteiger partial charge on any atom is -0.316 e. The molecule has 1 atom stereocenters. The van der Waals surface area contributed by atoms with Gasteiger partial charge in [-0.3, -0.25) is 4.98 Å². The summed E-state index contributed by atoms with van der Waals surface area (Å²) in [5, 5.41) is 3.53. The summed E-state index contributed by atoms with van der Waals surface area (Å²) >= 11 is 0. The molecule has 1 aliphatic rings. The molecule has 18 heavy (non-hydrogen) atoms. The zero-order valence-electron chi connectivity index (χ0n) is 11.9. The van der Waals surface area contributed by atoms with E-state index in [1.807, 2.05) is 12.4 Å². The largest absolute Gasteiger partial charge is 0.316 e. The molecule has 2 rings (SSSR count). The third kappa shape index (κ3) is 3.55. The highest BCUT2D eigenvalue weighted by Crippen LogP contribution is 2.39. The van der Waals surface area contributed by atoms with Gasteiger partial charge in [-0.15, -0.1) is 0 Å². The molecule has 2 nitrogen and oxygen atoms in total. The van der Waals surface area contributed by atoms with Crippen LogP contribution in [0.4, 0.5) is 0 Å². The Bertz CT molecular complexity index is 349. The van der Waals surface area contributed by atoms with Crippen molar-refractivity contribution >= 4 is 0 Å². The maximum absolute atomic E-state index is 4.09. The normalized spacial score (nSPS) is 21.7. The first-order chi connectivity index (χ1) is 8.61. The first-order valence-corrected chi connectivity index (χ1v) is 7.17. The van der Waals surface area contributed by atoms with Gasteiger partial charge in [0, 0.05) is 18.4 Å². The number of nitrogens with zero attached hydrogens (tertiary/aromatic N) is 1. The molecule has 0 saturated heterocycles. The van der Waals surface area contributed by atoms with E-state index < -0.39 is 0 Å². The van der Waals surface area contributed by atoms with Crippen molar-refractivity contribution in [2.75, 3.05) is 7.05 Å². The number of likely N-dealkylation sites (N-methyl/N-ethyl adjacent to an activating group) is 1. The molecule has 1 fully saturated rings. The Labute approximate surface area is 111 Å². The highest BCUT2D eigenvalue weighted by atomic mass is 14.9. The highest BCUT2D eigenvalue weighted by molar-refractivity contribution is 5.12. The van der Waals surface area contributed by atoms with Gasteiger partial charge in [0.15, 0.2) is 0 Å². The van der Waals surface area contributed by atoms with E-state index >= 15 is 0 Å². The summed E-state index contributed by atoms with van der Waals surface area (Å²) in [6.45, 7) is 4.81. The monoisotopic (exact) mass is 246 g/mol. The average Bonchev–Trinajstić information content (AvgIpc) is 2.38. The highest BCUT2D eigenvalue weighted by Gasteiger charge is 2.30. The Kier molecular flexibility index (Phi) is 4.39. The molecule has 1 saturated carbocycles. The molecule has 100 valence electrons. The second-order valence-corrected chi connectivity index (χ2v) is 6.46. The summed E-state index contributed by atoms with van der Waals surface area (Å²) in [5.74, 6) is 0.830. The van der Waals surface area contributed by atoms with Crippen LogP contribution in [0.1, 0.15) is 45.1 Å². The molecule has 1 unspecified atom stereocenters. The van der Waals surface area contributed by atoms with Crippen LogP contribution in [-0.4, -0.2) is 18.1 Å². The minimum absolute atomic E-state index is 0.561. The average molecular weight is 246 g/mol. The van der Waals surface area contributed by atoms with Gasteiger partial charge in [0.25, 0.3) is 0 Å². The second-order valence-electron chi connectivity index (χ2n) is 6.46. The Morgan fingerprint density at radius 2 is 1.89 bits per heavy atom. The maximum Gasteiger partial charge on any atom is 0.0270 e. The van der Waals surface area contributed by atoms with Crippen LogP contribution in [0.15, 0.2) is 24.5 Å². The fraction of sp³-hybridized carbons (Fsp3) is 0.688. The Hall–Kier alpha value is -0.890. The molecule has 2 heteroatoms. The van der Waals surface area contributed by atoms with E-state index in [-0.39, 0.29) is 0 Å². The zero-order valence-corrected chi connectivity index (χ0v) is 11.9. The van der Waals surface area contributed by atoms with E-state index in [2.05, 4.69) is 43.3 Å². The number of hydrogen-bond donors (Lipinski definition) is 1. The number of hydrogen-bond acceptors (Lipinski definition) is 2. The van der Waals surface area contributed by atoms with E-state index in [1.54, 1.807) is 0 Å². The van der Waals surface area contributed by atoms with Crippen molar-refractivity contribution in [1.82, 2.24) is 10.3 Å². The molecule has 0 spiro atoms. The molecule has 1 heterocycles. The maximum atomic E-state index is 4.09. The lowest BCUT2D eigenvalue weighted by molar-refractivity contribution is 0.163. The second kappa shape index (κ2) is 5.83. The first kappa shape index (κ1) is 13.5. The van der Waals surface area contributed by atoms with Crippen molar-refractivity contribution in [3.63, 3.8) is 0 Å². The molecular formula is C16H26N2. The van der Waals surface area contributed by atoms with Gasteiger partial charge in [-0.2, -0.15) is 0 Å². The third-order valence-electron chi connectivity index (χ3n) is 4.53. The lowest BCUT2D eigenvalue weighted by atomic mass is 9.70. The fourth-order valence-electron chi connectivity index (χ4n) is 3.10. The quantitative estimate of drug-likeness (QED) is 0.880. The fourth-order valence-corrected chi connectivity index (χ4v) is 3.10. The minimum atomic E-state index is 0.561. The Morgan fingerprint density at radius 3 is 2.44 bits per heavy atom. The molecule has 1 aromatic heterocycles. The van der Waals surface area contributed by atoms with Crippen LogP contribution in [0.3, 0.4) is 0 Å². The molecule has 0 aliphatic heterocycles. The smallest absolute Gasteiger partial charge is 0.0270 e. The SMILES string of the molecule is CNC(Cc1ccncc1)C1CCC(C)(C)CC1. The predicted octanol–water partition coefficient (Wildman–Crippen LogP) is 3.43. The van der Waals surface area contributed by atoms with Crippen molar-refractivity contribution in [3.05, 3.63) is 30.1 Å². The number of nitrogens with one attached hydrogen (secondary N) is 1. The van der Waals surface area contributed by atoms with Crippen LogP contribution in [-0.2, 0) is 6.42 Å². The van der Waals surface area contributed by atoms with Crippen molar-refractivity contribution in [2.24, 2.45) is 11.3 Å². The lowest BCUT2D eigenvalue weighted by Gasteiger charge is -2.38. The molecule has 0 aromatic carbocycles. The third-order valence-corrected chi connectivity index (χ3v) is 4.53. The topological polar surface area (TPSA) is 24.9 Å². The summed E-state index contributed by atoms with van der Waals surface area (Å²) in [7, 11) is 2.10. The van der Waals surface area contributed by atoms with Crippen LogP contribution in [0.5, 0.6) is 0 Å². The van der Waals surface area contributed by atoms with Crippen LogP contribution >= 0.6 is 0 Å². The van der Waals surface area contributed by atoms with Crippen LogP contribution in [0, 0.1) is 11.3 Å². The molecule has 1 aromatic rings. The van der Waals surface area contributed by atoms with E-state index in [0.717, 1.165) is 12.3 Å². The molecule has 1 aliphatic carbocycles. The van der Waals surface area contributed by atoms with Gasteiger partial charge in [0.1, 0.15) is 0 Å². The molecule has 0 radical (unpaired) electrons. The zero-order chi connectivity index (χ0) is 13.0. The lowest BCUT2D eigenvalue weighted by Crippen LogP contribution is -2.38. The number of pyridine rings is 1. The van der Waals surface area contributed by atoms with Crippen LogP contribution < -0.4 is 5.32 Å². The van der Waals surface area contributed by atoms with E-state index in [1.165, 1.54) is 31.2 Å². The number of rotatable bonds is 4. The van der Waals surface area contributed by atoms with Gasteiger partial charge in [0.05, 0.1) is 0 Å². The van der Waals surface area contributed by atoms with Gasteiger partial charge in [-0.05, 0) is 68.2 Å². The molecule has 0 bridgehead atoms. The number of aromatic nitrogens is 1. The van der Waals surface area contributed by atoms with Crippen LogP contribution in [0.25, 0.3) is 0 Å². The van der Waals surface area contributed by atoms with Gasteiger partial charge >= 0.3 is 0 Å². The van der Waals surface area contributed by atoms with Crippen LogP contribution in [0.2, 0.25) is 0 Å². The summed E-state index contributed by atoms with van der Waals surface area (Å²) < 4.78 is 0. The Morgan fingerprint density at radius 1 is 1.28 bits per heavy atom. The molecular weight excluding hydrogens is 220 g/mol. The van der Waals surface area contributed by atoms with Crippen molar-refractivity contribution in [1.29, 1.82) is 0 Å². The van der Waals surface area contributed by atoms with Gasteiger partial charge < -0.3 is 5.32 Å². The predicted molar refractivity (Wildman–Crippen MR) is 76.5 cm³/mol. The van der Waals surface area contributed by atoms with Gasteiger partial charge in [0.2, 0.25) is 0 Å². The van der Waals surface area contributed by atoms with E-state index in [0.29, 0.717) is 11.5 Å². The first-order valence-electron chi connectivity index (χ1n) is 7.17. The van der Waals surface area contributed by atoms with Gasteiger partial charge in [-0.25, -0.2) is 0 Å². The Balaban J connectivity index is 1.94. The van der Waals surface area contributed by atoms with Crippen molar-refractivity contribution in [2.45, 2.75) is 52.0 Å². The van der Waals surface area contributed by atoms with Crippen molar-refractivity contribution in [3.8, 4) is 0 Å². The standard InChI is InChI=1S/C16H26N2/c1-16(2)8-4-14(5-9-16)15(17-3)12-13-6-10-18-11-7-13/h6-7,10-11,14-15,17H,4-5,8-9,12H2,1-3H3. The summed E-state index contributed by atoms with van der Waals surface area (Å²) in [6, 6.07) is 4.89. The van der Waals surface area contributed by atoms with Gasteiger partial charge in [-0.1, -0.05) is 13.8 Å². The van der Waals surface area contributed by atoms with E-state index in [9.17, 15) is 0 Å². The summed E-state index contributed by atoms with van der Waals surface area (Å²) in [5.41, 5.74) is 1.96. The molecule has 0 amide bonds. The van der Waals surface area contributed by atoms with Crippen molar-refractivity contribution < 1.29 is 0 Å². The van der Waals surface area contributed by atoms with E-state index in [4.69, 9.17) is 0 Å². The summed E-state index contributed by atoms with van der Waals surface area (Å²) in [4.78, 5) is 4.09. The molecule has 1 N–H and O–H groups in total. The summed E-state index contributed by atoms with van der Waals surface area (Å²) in [6.07, 6.45) is 10.4.